The normalized spacial score (nSPS) is 10.8. The SMILES string of the molecule is O=C(Cc1cccc(F)c1)NCc1ccc2oc(=O)[nH]c2c1. The summed E-state index contributed by atoms with van der Waals surface area (Å²) in [7, 11) is 0. The van der Waals surface area contributed by atoms with Crippen molar-refractivity contribution < 1.29 is 13.6 Å². The fraction of sp³-hybridized carbons (Fsp3) is 0.125. The lowest BCUT2D eigenvalue weighted by Gasteiger charge is -2.05. The van der Waals surface area contributed by atoms with Gasteiger partial charge in [0, 0.05) is 6.54 Å². The number of H-pyrrole nitrogens is 1. The monoisotopic (exact) mass is 300 g/mol. The highest BCUT2D eigenvalue weighted by Crippen LogP contribution is 2.12. The number of carbonyl (C=O) groups excluding carboxylic acids is 1. The number of aromatic amines is 1. The van der Waals surface area contributed by atoms with Crippen LogP contribution in [-0.2, 0) is 17.8 Å². The van der Waals surface area contributed by atoms with E-state index in [0.29, 0.717) is 23.2 Å². The topological polar surface area (TPSA) is 75.1 Å². The van der Waals surface area contributed by atoms with Gasteiger partial charge in [0.1, 0.15) is 5.82 Å². The first kappa shape index (κ1) is 14.1. The van der Waals surface area contributed by atoms with E-state index in [1.165, 1.54) is 12.1 Å². The molecule has 1 heterocycles. The Morgan fingerprint density at radius 2 is 2.05 bits per heavy atom. The molecule has 3 aromatic rings. The highest BCUT2D eigenvalue weighted by atomic mass is 19.1. The molecule has 0 atom stereocenters. The van der Waals surface area contributed by atoms with Crippen molar-refractivity contribution in [2.24, 2.45) is 0 Å². The lowest BCUT2D eigenvalue weighted by Crippen LogP contribution is -2.24. The first-order chi connectivity index (χ1) is 10.6. The second kappa shape index (κ2) is 5.85. The minimum Gasteiger partial charge on any atom is -0.408 e. The molecular weight excluding hydrogens is 287 g/mol. The van der Waals surface area contributed by atoms with E-state index >= 15 is 0 Å². The smallest absolute Gasteiger partial charge is 0.408 e. The van der Waals surface area contributed by atoms with Gasteiger partial charge in [0.05, 0.1) is 11.9 Å². The second-order valence-corrected chi connectivity index (χ2v) is 4.93. The third-order valence-electron chi connectivity index (χ3n) is 3.23. The molecule has 0 saturated heterocycles. The van der Waals surface area contributed by atoms with Crippen LogP contribution in [0.2, 0.25) is 0 Å². The van der Waals surface area contributed by atoms with E-state index in [9.17, 15) is 14.0 Å². The number of amides is 1. The second-order valence-electron chi connectivity index (χ2n) is 4.93. The van der Waals surface area contributed by atoms with Gasteiger partial charge < -0.3 is 9.73 Å². The molecule has 0 spiro atoms. The van der Waals surface area contributed by atoms with E-state index in [4.69, 9.17) is 4.42 Å². The molecule has 0 radical (unpaired) electrons. The molecule has 3 rings (SSSR count). The van der Waals surface area contributed by atoms with Crippen molar-refractivity contribution in [2.75, 3.05) is 0 Å². The molecule has 112 valence electrons. The van der Waals surface area contributed by atoms with Crippen LogP contribution < -0.4 is 11.1 Å². The number of nitrogens with one attached hydrogen (secondary N) is 2. The van der Waals surface area contributed by atoms with Crippen molar-refractivity contribution in [3.63, 3.8) is 0 Å². The maximum atomic E-state index is 13.0. The summed E-state index contributed by atoms with van der Waals surface area (Å²) in [6, 6.07) is 11.1. The summed E-state index contributed by atoms with van der Waals surface area (Å²) in [6.45, 7) is 0.317. The van der Waals surface area contributed by atoms with Crippen LogP contribution in [0.15, 0.2) is 51.7 Å². The standard InChI is InChI=1S/C16H13FN2O3/c17-12-3-1-2-10(6-12)8-15(20)18-9-11-4-5-14-13(7-11)19-16(21)22-14/h1-7H,8-9H2,(H,18,20)(H,19,21). The molecule has 22 heavy (non-hydrogen) atoms. The van der Waals surface area contributed by atoms with Gasteiger partial charge in [0.15, 0.2) is 5.58 Å². The van der Waals surface area contributed by atoms with Crippen molar-refractivity contribution in [3.05, 3.63) is 70.0 Å². The van der Waals surface area contributed by atoms with Gasteiger partial charge in [-0.05, 0) is 35.4 Å². The Morgan fingerprint density at radius 3 is 2.86 bits per heavy atom. The summed E-state index contributed by atoms with van der Waals surface area (Å²) >= 11 is 0. The number of hydrogen-bond donors (Lipinski definition) is 2. The number of oxazole rings is 1. The van der Waals surface area contributed by atoms with Crippen molar-refractivity contribution in [1.82, 2.24) is 10.3 Å². The van der Waals surface area contributed by atoms with Crippen molar-refractivity contribution in [3.8, 4) is 0 Å². The quantitative estimate of drug-likeness (QED) is 0.775. The minimum absolute atomic E-state index is 0.114. The lowest BCUT2D eigenvalue weighted by atomic mass is 10.1. The first-order valence-electron chi connectivity index (χ1n) is 6.73. The van der Waals surface area contributed by atoms with E-state index in [1.54, 1.807) is 30.3 Å². The minimum atomic E-state index is -0.512. The Labute approximate surface area is 124 Å². The van der Waals surface area contributed by atoms with Crippen LogP contribution in [0.1, 0.15) is 11.1 Å². The maximum absolute atomic E-state index is 13.0. The predicted octanol–water partition coefficient (Wildman–Crippen LogP) is 2.12. The number of aromatic nitrogens is 1. The van der Waals surface area contributed by atoms with Gasteiger partial charge in [-0.3, -0.25) is 9.78 Å². The van der Waals surface area contributed by atoms with Gasteiger partial charge >= 0.3 is 5.76 Å². The molecule has 2 N–H and O–H groups in total. The Hall–Kier alpha value is -2.89. The molecule has 6 heteroatoms. The van der Waals surface area contributed by atoms with Crippen LogP contribution in [0.5, 0.6) is 0 Å². The van der Waals surface area contributed by atoms with Crippen molar-refractivity contribution in [2.45, 2.75) is 13.0 Å². The summed E-state index contributed by atoms with van der Waals surface area (Å²) in [5.41, 5.74) is 2.51. The highest BCUT2D eigenvalue weighted by Gasteiger charge is 2.06. The fourth-order valence-electron chi connectivity index (χ4n) is 2.20. The molecule has 0 bridgehead atoms. The number of carbonyl (C=O) groups is 1. The van der Waals surface area contributed by atoms with E-state index in [-0.39, 0.29) is 18.1 Å². The summed E-state index contributed by atoms with van der Waals surface area (Å²) in [5.74, 6) is -1.08. The molecule has 0 fully saturated rings. The largest absolute Gasteiger partial charge is 0.417 e. The Kier molecular flexibility index (Phi) is 3.74. The zero-order chi connectivity index (χ0) is 15.5. The Bertz CT molecular complexity index is 882. The highest BCUT2D eigenvalue weighted by molar-refractivity contribution is 5.79. The average Bonchev–Trinajstić information content (AvgIpc) is 2.84. The maximum Gasteiger partial charge on any atom is 0.417 e. The number of fused-ring (bicyclic) bond motifs is 1. The van der Waals surface area contributed by atoms with Crippen LogP contribution >= 0.6 is 0 Å². The van der Waals surface area contributed by atoms with E-state index in [0.717, 1.165) is 5.56 Å². The number of rotatable bonds is 4. The van der Waals surface area contributed by atoms with Gasteiger partial charge in [0.2, 0.25) is 5.91 Å². The van der Waals surface area contributed by atoms with Crippen LogP contribution in [0.25, 0.3) is 11.1 Å². The molecule has 2 aromatic carbocycles. The van der Waals surface area contributed by atoms with Crippen molar-refractivity contribution >= 4 is 17.0 Å². The van der Waals surface area contributed by atoms with Gasteiger partial charge in [-0.15, -0.1) is 0 Å². The Balaban J connectivity index is 1.63. The van der Waals surface area contributed by atoms with Crippen LogP contribution in [0.3, 0.4) is 0 Å². The summed E-state index contributed by atoms with van der Waals surface area (Å²) in [5, 5.41) is 2.75. The van der Waals surface area contributed by atoms with Gasteiger partial charge in [-0.25, -0.2) is 9.18 Å². The number of halogens is 1. The molecule has 0 aliphatic heterocycles. The number of hydrogen-bond acceptors (Lipinski definition) is 3. The molecule has 5 nitrogen and oxygen atoms in total. The number of benzene rings is 2. The molecule has 1 amide bonds. The van der Waals surface area contributed by atoms with Gasteiger partial charge in [-0.1, -0.05) is 18.2 Å². The molecular formula is C16H13FN2O3. The fourth-order valence-corrected chi connectivity index (χ4v) is 2.20. The van der Waals surface area contributed by atoms with Crippen molar-refractivity contribution in [1.29, 1.82) is 0 Å². The van der Waals surface area contributed by atoms with E-state index in [1.807, 2.05) is 0 Å². The third-order valence-corrected chi connectivity index (χ3v) is 3.23. The molecule has 0 saturated carbocycles. The van der Waals surface area contributed by atoms with Crippen LogP contribution in [0.4, 0.5) is 4.39 Å². The third kappa shape index (κ3) is 3.22. The summed E-state index contributed by atoms with van der Waals surface area (Å²) in [6.07, 6.45) is 0.114. The molecule has 0 unspecified atom stereocenters. The van der Waals surface area contributed by atoms with E-state index < -0.39 is 5.76 Å². The molecule has 0 aliphatic rings. The average molecular weight is 300 g/mol. The van der Waals surface area contributed by atoms with E-state index in [2.05, 4.69) is 10.3 Å². The van der Waals surface area contributed by atoms with Crippen LogP contribution in [0, 0.1) is 5.82 Å². The lowest BCUT2D eigenvalue weighted by molar-refractivity contribution is -0.120. The first-order valence-corrected chi connectivity index (χ1v) is 6.73. The molecule has 0 aliphatic carbocycles. The summed E-state index contributed by atoms with van der Waals surface area (Å²) in [4.78, 5) is 25.5. The zero-order valence-electron chi connectivity index (χ0n) is 11.6. The van der Waals surface area contributed by atoms with Gasteiger partial charge in [-0.2, -0.15) is 0 Å². The Morgan fingerprint density at radius 1 is 1.18 bits per heavy atom. The molecule has 1 aromatic heterocycles. The zero-order valence-corrected chi connectivity index (χ0v) is 11.6. The van der Waals surface area contributed by atoms with Crippen LogP contribution in [-0.4, -0.2) is 10.9 Å². The predicted molar refractivity (Wildman–Crippen MR) is 78.8 cm³/mol. The van der Waals surface area contributed by atoms with Gasteiger partial charge in [0.25, 0.3) is 0 Å². The summed E-state index contributed by atoms with van der Waals surface area (Å²) < 4.78 is 18.0.